The zero-order chi connectivity index (χ0) is 14.5. The van der Waals surface area contributed by atoms with E-state index in [1.807, 2.05) is 6.07 Å². The number of rotatable bonds is 7. The number of carbonyl (C=O) groups is 1. The van der Waals surface area contributed by atoms with E-state index in [4.69, 9.17) is 5.11 Å². The van der Waals surface area contributed by atoms with Gasteiger partial charge in [0, 0.05) is 10.9 Å². The molecule has 0 spiro atoms. The van der Waals surface area contributed by atoms with Crippen LogP contribution in [0.1, 0.15) is 18.7 Å². The van der Waals surface area contributed by atoms with Gasteiger partial charge in [0.1, 0.15) is 0 Å². The summed E-state index contributed by atoms with van der Waals surface area (Å²) in [5.74, 6) is -0.827. The molecule has 108 valence electrons. The first-order valence-electron chi connectivity index (χ1n) is 6.03. The van der Waals surface area contributed by atoms with Gasteiger partial charge in [-0.1, -0.05) is 29.2 Å². The van der Waals surface area contributed by atoms with E-state index in [1.165, 1.54) is 28.0 Å². The summed E-state index contributed by atoms with van der Waals surface area (Å²) in [6.07, 6.45) is 0. The molecule has 2 aromatic heterocycles. The van der Waals surface area contributed by atoms with Crippen molar-refractivity contribution in [3.63, 3.8) is 0 Å². The molecule has 0 aliphatic carbocycles. The minimum Gasteiger partial charge on any atom is -0.481 e. The quantitative estimate of drug-likeness (QED) is 0.787. The topological polar surface area (TPSA) is 66.3 Å². The average molecular weight is 329 g/mol. The predicted octanol–water partition coefficient (Wildman–Crippen LogP) is 3.19. The highest BCUT2D eigenvalue weighted by Gasteiger charge is 2.17. The van der Waals surface area contributed by atoms with Crippen LogP contribution in [0.15, 0.2) is 21.9 Å². The summed E-state index contributed by atoms with van der Waals surface area (Å²) in [4.78, 5) is 14.0. The van der Waals surface area contributed by atoms with Crippen LogP contribution in [0.3, 0.4) is 0 Å². The Morgan fingerprint density at radius 2 is 2.30 bits per heavy atom. The standard InChI is InChI=1S/C12H15N3O2S3/c1-8(2)15(6-9-4-3-5-18-9)11-13-14-12(20-11)19-7-10(16)17/h3-5,8H,6-7H2,1-2H3,(H,16,17). The molecule has 0 bridgehead atoms. The zero-order valence-corrected chi connectivity index (χ0v) is 13.6. The third-order valence-corrected chi connectivity index (χ3v) is 5.43. The maximum atomic E-state index is 10.6. The third-order valence-electron chi connectivity index (χ3n) is 2.49. The maximum absolute atomic E-state index is 10.6. The summed E-state index contributed by atoms with van der Waals surface area (Å²) >= 11 is 4.37. The molecule has 0 saturated carbocycles. The molecule has 8 heteroatoms. The molecule has 0 atom stereocenters. The lowest BCUT2D eigenvalue weighted by Crippen LogP contribution is -2.29. The van der Waals surface area contributed by atoms with E-state index in [0.29, 0.717) is 10.4 Å². The number of carboxylic acid groups (broad SMARTS) is 1. The Morgan fingerprint density at radius 3 is 2.90 bits per heavy atom. The van der Waals surface area contributed by atoms with E-state index in [2.05, 4.69) is 40.4 Å². The second-order valence-corrected chi connectivity index (χ2v) is 7.54. The molecule has 0 amide bonds. The summed E-state index contributed by atoms with van der Waals surface area (Å²) < 4.78 is 0.694. The smallest absolute Gasteiger partial charge is 0.313 e. The first-order valence-corrected chi connectivity index (χ1v) is 8.71. The SMILES string of the molecule is CC(C)N(Cc1cccs1)c1nnc(SCC(=O)O)s1. The lowest BCUT2D eigenvalue weighted by Gasteiger charge is -2.24. The van der Waals surface area contributed by atoms with E-state index in [9.17, 15) is 4.79 Å². The van der Waals surface area contributed by atoms with Gasteiger partial charge in [0.2, 0.25) is 5.13 Å². The molecular weight excluding hydrogens is 314 g/mol. The Kier molecular flexibility index (Phi) is 5.38. The Balaban J connectivity index is 2.07. The fraction of sp³-hybridized carbons (Fsp3) is 0.417. The van der Waals surface area contributed by atoms with E-state index in [0.717, 1.165) is 11.7 Å². The van der Waals surface area contributed by atoms with Gasteiger partial charge in [-0.15, -0.1) is 21.5 Å². The summed E-state index contributed by atoms with van der Waals surface area (Å²) in [5.41, 5.74) is 0. The summed E-state index contributed by atoms with van der Waals surface area (Å²) in [5, 5.41) is 19.8. The van der Waals surface area contributed by atoms with Crippen molar-refractivity contribution in [2.45, 2.75) is 30.8 Å². The molecule has 0 aliphatic heterocycles. The highest BCUT2D eigenvalue weighted by molar-refractivity contribution is 8.01. The number of hydrogen-bond acceptors (Lipinski definition) is 7. The van der Waals surface area contributed by atoms with Crippen molar-refractivity contribution in [1.82, 2.24) is 10.2 Å². The first kappa shape index (κ1) is 15.3. The van der Waals surface area contributed by atoms with Gasteiger partial charge in [-0.25, -0.2) is 0 Å². The van der Waals surface area contributed by atoms with Gasteiger partial charge in [0.25, 0.3) is 0 Å². The Morgan fingerprint density at radius 1 is 1.50 bits per heavy atom. The van der Waals surface area contributed by atoms with E-state index >= 15 is 0 Å². The molecule has 20 heavy (non-hydrogen) atoms. The third kappa shape index (κ3) is 4.19. The molecule has 0 saturated heterocycles. The normalized spacial score (nSPS) is 10.9. The molecule has 2 rings (SSSR count). The predicted molar refractivity (Wildman–Crippen MR) is 83.9 cm³/mol. The Hall–Kier alpha value is -1.12. The van der Waals surface area contributed by atoms with Crippen molar-refractivity contribution in [1.29, 1.82) is 0 Å². The number of aliphatic carboxylic acids is 1. The molecule has 1 N–H and O–H groups in total. The van der Waals surface area contributed by atoms with Crippen molar-refractivity contribution in [3.05, 3.63) is 22.4 Å². The van der Waals surface area contributed by atoms with Gasteiger partial charge in [0.05, 0.1) is 12.3 Å². The lowest BCUT2D eigenvalue weighted by atomic mass is 10.3. The number of anilines is 1. The first-order chi connectivity index (χ1) is 9.56. The number of thiophene rings is 1. The van der Waals surface area contributed by atoms with Gasteiger partial charge in [0.15, 0.2) is 4.34 Å². The second kappa shape index (κ2) is 7.05. The number of carboxylic acids is 1. The average Bonchev–Trinajstić information content (AvgIpc) is 3.04. The fourth-order valence-corrected chi connectivity index (χ4v) is 3.94. The van der Waals surface area contributed by atoms with Crippen molar-refractivity contribution < 1.29 is 9.90 Å². The largest absolute Gasteiger partial charge is 0.481 e. The number of thioether (sulfide) groups is 1. The number of hydrogen-bond donors (Lipinski definition) is 1. The van der Waals surface area contributed by atoms with Crippen LogP contribution in [0, 0.1) is 0 Å². The lowest BCUT2D eigenvalue weighted by molar-refractivity contribution is -0.133. The van der Waals surface area contributed by atoms with Gasteiger partial charge in [-0.05, 0) is 25.3 Å². The van der Waals surface area contributed by atoms with E-state index < -0.39 is 5.97 Å². The Bertz CT molecular complexity index is 554. The molecule has 2 heterocycles. The van der Waals surface area contributed by atoms with Gasteiger partial charge >= 0.3 is 5.97 Å². The van der Waals surface area contributed by atoms with Crippen molar-refractivity contribution >= 4 is 45.5 Å². The summed E-state index contributed by atoms with van der Waals surface area (Å²) in [6, 6.07) is 4.44. The molecule has 0 aliphatic rings. The molecular formula is C12H15N3O2S3. The highest BCUT2D eigenvalue weighted by atomic mass is 32.2. The second-order valence-electron chi connectivity index (χ2n) is 4.33. The molecule has 5 nitrogen and oxygen atoms in total. The highest BCUT2D eigenvalue weighted by Crippen LogP contribution is 2.30. The van der Waals surface area contributed by atoms with E-state index in [-0.39, 0.29) is 5.75 Å². The van der Waals surface area contributed by atoms with E-state index in [1.54, 1.807) is 11.3 Å². The van der Waals surface area contributed by atoms with Gasteiger partial charge in [-0.2, -0.15) is 0 Å². The van der Waals surface area contributed by atoms with Crippen LogP contribution in [-0.4, -0.2) is 33.1 Å². The molecule has 0 aromatic carbocycles. The monoisotopic (exact) mass is 329 g/mol. The van der Waals surface area contributed by atoms with Gasteiger partial charge in [-0.3, -0.25) is 4.79 Å². The maximum Gasteiger partial charge on any atom is 0.313 e. The molecule has 0 radical (unpaired) electrons. The molecule has 0 fully saturated rings. The van der Waals surface area contributed by atoms with Crippen LogP contribution < -0.4 is 4.90 Å². The zero-order valence-electron chi connectivity index (χ0n) is 11.1. The fourth-order valence-electron chi connectivity index (χ4n) is 1.54. The van der Waals surface area contributed by atoms with Crippen LogP contribution in [0.2, 0.25) is 0 Å². The van der Waals surface area contributed by atoms with Gasteiger partial charge < -0.3 is 10.0 Å². The summed E-state index contributed by atoms with van der Waals surface area (Å²) in [6.45, 7) is 5.02. The number of nitrogens with zero attached hydrogens (tertiary/aromatic N) is 3. The van der Waals surface area contributed by atoms with Crippen LogP contribution in [-0.2, 0) is 11.3 Å². The minimum absolute atomic E-state index is 0.0151. The van der Waals surface area contributed by atoms with Crippen LogP contribution in [0.25, 0.3) is 0 Å². The van der Waals surface area contributed by atoms with Crippen LogP contribution in [0.4, 0.5) is 5.13 Å². The Labute approximate surface area is 129 Å². The van der Waals surface area contributed by atoms with Crippen LogP contribution >= 0.6 is 34.4 Å². The number of aromatic nitrogens is 2. The van der Waals surface area contributed by atoms with Crippen molar-refractivity contribution in [2.75, 3.05) is 10.7 Å². The van der Waals surface area contributed by atoms with Crippen LogP contribution in [0.5, 0.6) is 0 Å². The molecule has 2 aromatic rings. The van der Waals surface area contributed by atoms with Crippen molar-refractivity contribution in [2.24, 2.45) is 0 Å². The summed E-state index contributed by atoms with van der Waals surface area (Å²) in [7, 11) is 0. The minimum atomic E-state index is -0.842. The van der Waals surface area contributed by atoms with Crippen molar-refractivity contribution in [3.8, 4) is 0 Å². The molecule has 0 unspecified atom stereocenters.